The number of benzene rings is 4. The van der Waals surface area contributed by atoms with E-state index in [1.807, 2.05) is 80.6 Å². The highest BCUT2D eigenvalue weighted by atomic mass is 32.2. The Balaban J connectivity index is 1.57. The molecule has 1 atom stereocenters. The van der Waals surface area contributed by atoms with Crippen LogP contribution in [0, 0.1) is 13.8 Å². The number of nitrogens with one attached hydrogen (secondary N) is 2. The zero-order valence-electron chi connectivity index (χ0n) is 21.8. The van der Waals surface area contributed by atoms with Gasteiger partial charge >= 0.3 is 0 Å². The first-order chi connectivity index (χ1) is 18.4. The lowest BCUT2D eigenvalue weighted by atomic mass is 10.1. The average molecular weight is 527 g/mol. The number of thioether (sulfide) groups is 1. The molecule has 0 saturated heterocycles. The van der Waals surface area contributed by atoms with Crippen LogP contribution in [0.3, 0.4) is 0 Å². The van der Waals surface area contributed by atoms with E-state index in [4.69, 9.17) is 9.47 Å². The third-order valence-electron chi connectivity index (χ3n) is 6.12. The van der Waals surface area contributed by atoms with Crippen molar-refractivity contribution in [3.8, 4) is 11.5 Å². The fourth-order valence-electron chi connectivity index (χ4n) is 3.98. The standard InChI is InChI=1S/C31H30N2O4S/c1-20-16-17-24(18-21(20)2)33-31(35)29(22-10-6-5-7-11-22)38-25-13-8-12-23(19-25)32-30(34)28-26(36-3)14-9-15-27(28)37-4/h5-19,29H,1-4H3,(H,32,34)(H,33,35). The number of aryl methyl sites for hydroxylation is 2. The van der Waals surface area contributed by atoms with Gasteiger partial charge in [0.25, 0.3) is 5.91 Å². The molecule has 0 bridgehead atoms. The molecule has 0 fully saturated rings. The number of rotatable bonds is 9. The van der Waals surface area contributed by atoms with E-state index in [1.54, 1.807) is 24.3 Å². The van der Waals surface area contributed by atoms with Gasteiger partial charge in [0.2, 0.25) is 5.91 Å². The molecule has 0 aliphatic heterocycles. The van der Waals surface area contributed by atoms with E-state index >= 15 is 0 Å². The molecule has 0 aliphatic carbocycles. The van der Waals surface area contributed by atoms with Gasteiger partial charge in [-0.15, -0.1) is 11.8 Å². The zero-order valence-corrected chi connectivity index (χ0v) is 22.6. The summed E-state index contributed by atoms with van der Waals surface area (Å²) in [6.45, 7) is 4.06. The van der Waals surface area contributed by atoms with Crippen molar-refractivity contribution >= 4 is 35.0 Å². The largest absolute Gasteiger partial charge is 0.496 e. The van der Waals surface area contributed by atoms with E-state index in [0.717, 1.165) is 21.7 Å². The molecule has 0 aliphatic rings. The number of ether oxygens (including phenoxy) is 2. The van der Waals surface area contributed by atoms with Crippen molar-refractivity contribution in [2.24, 2.45) is 0 Å². The maximum atomic E-state index is 13.5. The minimum Gasteiger partial charge on any atom is -0.496 e. The molecule has 6 nitrogen and oxygen atoms in total. The summed E-state index contributed by atoms with van der Waals surface area (Å²) in [4.78, 5) is 27.5. The lowest BCUT2D eigenvalue weighted by Gasteiger charge is -2.18. The third kappa shape index (κ3) is 6.36. The van der Waals surface area contributed by atoms with Gasteiger partial charge in [-0.25, -0.2) is 0 Å². The summed E-state index contributed by atoms with van der Waals surface area (Å²) >= 11 is 1.42. The molecule has 1 unspecified atom stereocenters. The predicted octanol–water partition coefficient (Wildman–Crippen LogP) is 7.05. The third-order valence-corrected chi connectivity index (χ3v) is 7.36. The van der Waals surface area contributed by atoms with Gasteiger partial charge in [0, 0.05) is 16.3 Å². The second kappa shape index (κ2) is 12.3. The van der Waals surface area contributed by atoms with Crippen LogP contribution in [0.25, 0.3) is 0 Å². The van der Waals surface area contributed by atoms with E-state index in [1.165, 1.54) is 31.5 Å². The summed E-state index contributed by atoms with van der Waals surface area (Å²) in [5.74, 6) is 0.352. The number of methoxy groups -OCH3 is 2. The van der Waals surface area contributed by atoms with Crippen LogP contribution in [0.4, 0.5) is 11.4 Å². The van der Waals surface area contributed by atoms with Crippen LogP contribution in [0.5, 0.6) is 11.5 Å². The van der Waals surface area contributed by atoms with Crippen molar-refractivity contribution in [3.05, 3.63) is 113 Å². The molecule has 0 spiro atoms. The SMILES string of the molecule is COc1cccc(OC)c1C(=O)Nc1cccc(SC(C(=O)Nc2ccc(C)c(C)c2)c2ccccc2)c1. The average Bonchev–Trinajstić information content (AvgIpc) is 2.93. The Kier molecular flexibility index (Phi) is 8.71. The minimum absolute atomic E-state index is 0.127. The first-order valence-electron chi connectivity index (χ1n) is 12.1. The van der Waals surface area contributed by atoms with E-state index in [9.17, 15) is 9.59 Å². The van der Waals surface area contributed by atoms with Gasteiger partial charge in [-0.2, -0.15) is 0 Å². The molecule has 7 heteroatoms. The van der Waals surface area contributed by atoms with Crippen LogP contribution in [-0.2, 0) is 4.79 Å². The second-order valence-corrected chi connectivity index (χ2v) is 9.89. The molecular weight excluding hydrogens is 496 g/mol. The number of hydrogen-bond acceptors (Lipinski definition) is 5. The summed E-state index contributed by atoms with van der Waals surface area (Å²) in [5.41, 5.74) is 4.82. The Hall–Kier alpha value is -4.23. The molecule has 4 aromatic carbocycles. The summed E-state index contributed by atoms with van der Waals surface area (Å²) in [5, 5.41) is 5.49. The first-order valence-corrected chi connectivity index (χ1v) is 13.0. The number of carbonyl (C=O) groups is 2. The number of carbonyl (C=O) groups excluding carboxylic acids is 2. The Morgan fingerprint density at radius 3 is 2.03 bits per heavy atom. The Labute approximate surface area is 227 Å². The minimum atomic E-state index is -0.502. The van der Waals surface area contributed by atoms with Crippen molar-refractivity contribution in [3.63, 3.8) is 0 Å². The van der Waals surface area contributed by atoms with Gasteiger partial charge in [0.15, 0.2) is 0 Å². The molecule has 4 rings (SSSR count). The zero-order chi connectivity index (χ0) is 27.1. The Bertz CT molecular complexity index is 1420. The van der Waals surface area contributed by atoms with Crippen LogP contribution in [0.1, 0.15) is 32.3 Å². The van der Waals surface area contributed by atoms with Crippen molar-refractivity contribution in [2.45, 2.75) is 24.0 Å². The quantitative estimate of drug-likeness (QED) is 0.229. The highest BCUT2D eigenvalue weighted by molar-refractivity contribution is 8.00. The highest BCUT2D eigenvalue weighted by Crippen LogP contribution is 2.37. The number of amides is 2. The normalized spacial score (nSPS) is 11.4. The van der Waals surface area contributed by atoms with Gasteiger partial charge in [0.05, 0.1) is 14.2 Å². The fourth-order valence-corrected chi connectivity index (χ4v) is 5.06. The smallest absolute Gasteiger partial charge is 0.263 e. The van der Waals surface area contributed by atoms with Gasteiger partial charge in [-0.3, -0.25) is 9.59 Å². The van der Waals surface area contributed by atoms with E-state index in [-0.39, 0.29) is 11.8 Å². The van der Waals surface area contributed by atoms with Crippen molar-refractivity contribution in [2.75, 3.05) is 24.9 Å². The maximum Gasteiger partial charge on any atom is 0.263 e. The molecule has 4 aromatic rings. The number of anilines is 2. The Morgan fingerprint density at radius 1 is 0.711 bits per heavy atom. The van der Waals surface area contributed by atoms with Crippen LogP contribution < -0.4 is 20.1 Å². The molecule has 38 heavy (non-hydrogen) atoms. The van der Waals surface area contributed by atoms with Gasteiger partial charge in [0.1, 0.15) is 22.3 Å². The van der Waals surface area contributed by atoms with Gasteiger partial charge in [-0.1, -0.05) is 48.5 Å². The molecule has 0 aromatic heterocycles. The molecule has 0 saturated carbocycles. The monoisotopic (exact) mass is 526 g/mol. The van der Waals surface area contributed by atoms with Crippen molar-refractivity contribution in [1.29, 1.82) is 0 Å². The van der Waals surface area contributed by atoms with Crippen molar-refractivity contribution in [1.82, 2.24) is 0 Å². The van der Waals surface area contributed by atoms with Gasteiger partial charge in [-0.05, 0) is 73.0 Å². The fraction of sp³-hybridized carbons (Fsp3) is 0.161. The molecular formula is C31H30N2O4S. The van der Waals surface area contributed by atoms with Crippen LogP contribution in [0.2, 0.25) is 0 Å². The number of hydrogen-bond donors (Lipinski definition) is 2. The topological polar surface area (TPSA) is 76.7 Å². The highest BCUT2D eigenvalue weighted by Gasteiger charge is 2.23. The van der Waals surface area contributed by atoms with E-state index < -0.39 is 5.25 Å². The maximum absolute atomic E-state index is 13.5. The molecule has 0 radical (unpaired) electrons. The predicted molar refractivity (Wildman–Crippen MR) is 154 cm³/mol. The van der Waals surface area contributed by atoms with Crippen LogP contribution in [-0.4, -0.2) is 26.0 Å². The van der Waals surface area contributed by atoms with Crippen LogP contribution in [0.15, 0.2) is 95.9 Å². The lowest BCUT2D eigenvalue weighted by Crippen LogP contribution is -2.19. The van der Waals surface area contributed by atoms with E-state index in [0.29, 0.717) is 22.7 Å². The molecule has 0 heterocycles. The summed E-state index contributed by atoms with van der Waals surface area (Å²) in [7, 11) is 3.02. The van der Waals surface area contributed by atoms with Gasteiger partial charge < -0.3 is 20.1 Å². The molecule has 2 N–H and O–H groups in total. The van der Waals surface area contributed by atoms with E-state index in [2.05, 4.69) is 10.6 Å². The van der Waals surface area contributed by atoms with Crippen LogP contribution >= 0.6 is 11.8 Å². The second-order valence-electron chi connectivity index (χ2n) is 8.72. The molecule has 2 amide bonds. The lowest BCUT2D eigenvalue weighted by molar-refractivity contribution is -0.115. The summed E-state index contributed by atoms with van der Waals surface area (Å²) in [6, 6.07) is 28.1. The molecule has 194 valence electrons. The first kappa shape index (κ1) is 26.8. The summed E-state index contributed by atoms with van der Waals surface area (Å²) < 4.78 is 10.7. The Morgan fingerprint density at radius 2 is 1.37 bits per heavy atom. The van der Waals surface area contributed by atoms with Crippen molar-refractivity contribution < 1.29 is 19.1 Å². The summed E-state index contributed by atoms with van der Waals surface area (Å²) in [6.07, 6.45) is 0.